The molecule has 7 heteroatoms. The molecule has 2 aromatic carbocycles. The van der Waals surface area contributed by atoms with Crippen LogP contribution in [0.15, 0.2) is 30.3 Å². The minimum Gasteiger partial charge on any atom is -0.504 e. The Bertz CT molecular complexity index is 1020. The Morgan fingerprint density at radius 3 is 2.46 bits per heavy atom. The molecule has 3 N–H and O–H groups in total. The molecule has 0 atom stereocenters. The average molecular weight is 391 g/mol. The fraction of sp³-hybridized carbons (Fsp3) is 0.316. The van der Waals surface area contributed by atoms with Crippen LogP contribution in [0.1, 0.15) is 37.8 Å². The highest BCUT2D eigenvalue weighted by atomic mass is 32.5. The van der Waals surface area contributed by atoms with Crippen LogP contribution in [0.2, 0.25) is 0 Å². The summed E-state index contributed by atoms with van der Waals surface area (Å²) in [5.74, 6) is -0.192. The zero-order valence-electron chi connectivity index (χ0n) is 14.8. The molecule has 3 aromatic rings. The van der Waals surface area contributed by atoms with Crippen LogP contribution in [0, 0.1) is 0 Å². The van der Waals surface area contributed by atoms with Crippen molar-refractivity contribution in [1.29, 1.82) is 0 Å². The number of hydrogen-bond donors (Lipinski definition) is 3. The van der Waals surface area contributed by atoms with Crippen LogP contribution in [-0.2, 0) is 24.6 Å². The van der Waals surface area contributed by atoms with E-state index < -0.39 is 6.72 Å². The van der Waals surface area contributed by atoms with Crippen molar-refractivity contribution in [3.63, 3.8) is 0 Å². The van der Waals surface area contributed by atoms with Crippen molar-refractivity contribution in [2.75, 3.05) is 0 Å². The van der Waals surface area contributed by atoms with E-state index in [1.165, 1.54) is 5.56 Å². The molecule has 0 spiro atoms. The lowest BCUT2D eigenvalue weighted by Crippen LogP contribution is -1.96. The van der Waals surface area contributed by atoms with E-state index in [9.17, 15) is 14.9 Å². The van der Waals surface area contributed by atoms with E-state index in [2.05, 4.69) is 30.9 Å². The van der Waals surface area contributed by atoms with Gasteiger partial charge in [-0.1, -0.05) is 38.8 Å². The third-order valence-electron chi connectivity index (χ3n) is 4.26. The molecule has 1 heterocycles. The summed E-state index contributed by atoms with van der Waals surface area (Å²) < 4.78 is 5.05. The van der Waals surface area contributed by atoms with E-state index in [-0.39, 0.29) is 11.5 Å². The normalized spacial score (nSPS) is 12.0. The molecule has 0 saturated carbocycles. The summed E-state index contributed by atoms with van der Waals surface area (Å²) in [6.45, 7) is 0.243. The highest BCUT2D eigenvalue weighted by Gasteiger charge is 2.19. The van der Waals surface area contributed by atoms with E-state index in [1.54, 1.807) is 6.07 Å². The number of nitrogens with zero attached hydrogens (tertiary/aromatic N) is 1. The molecule has 0 unspecified atom stereocenters. The maximum atomic E-state index is 10.6. The van der Waals surface area contributed by atoms with E-state index in [0.29, 0.717) is 10.9 Å². The van der Waals surface area contributed by atoms with Gasteiger partial charge in [-0.25, -0.2) is 4.98 Å². The zero-order chi connectivity index (χ0) is 18.9. The molecule has 1 aromatic heterocycles. The molecular formula is C19H22NO4PS. The van der Waals surface area contributed by atoms with Crippen molar-refractivity contribution in [1.82, 2.24) is 4.98 Å². The average Bonchev–Trinajstić information content (AvgIpc) is 2.57. The second-order valence-electron chi connectivity index (χ2n) is 6.38. The van der Waals surface area contributed by atoms with E-state index in [0.717, 1.165) is 42.1 Å². The number of benzene rings is 2. The maximum Gasteiger partial charge on any atom is 0.375 e. The van der Waals surface area contributed by atoms with Crippen LogP contribution in [0.25, 0.3) is 21.8 Å². The number of aromatic hydroxyl groups is 1. The summed E-state index contributed by atoms with van der Waals surface area (Å²) >= 11 is 4.55. The minimum absolute atomic E-state index is 0.0157. The van der Waals surface area contributed by atoms with Gasteiger partial charge in [-0.05, 0) is 42.2 Å². The number of fused-ring (bicyclic) bond motifs is 2. The first kappa shape index (κ1) is 19.1. The van der Waals surface area contributed by atoms with Crippen molar-refractivity contribution in [2.45, 2.75) is 39.5 Å². The molecule has 138 valence electrons. The predicted octanol–water partition coefficient (Wildman–Crippen LogP) is 4.59. The van der Waals surface area contributed by atoms with Crippen LogP contribution >= 0.6 is 6.72 Å². The van der Waals surface area contributed by atoms with Crippen LogP contribution in [-0.4, -0.2) is 19.9 Å². The summed E-state index contributed by atoms with van der Waals surface area (Å²) in [6.07, 6.45) is 3.66. The van der Waals surface area contributed by atoms with Gasteiger partial charge in [-0.2, -0.15) is 0 Å². The Labute approximate surface area is 157 Å². The number of aryl methyl sites for hydroxylation is 2. The number of aromatic nitrogens is 1. The Morgan fingerprint density at radius 1 is 1.08 bits per heavy atom. The van der Waals surface area contributed by atoms with Gasteiger partial charge in [0.25, 0.3) is 0 Å². The van der Waals surface area contributed by atoms with E-state index in [1.807, 2.05) is 19.1 Å². The van der Waals surface area contributed by atoms with Gasteiger partial charge in [0.2, 0.25) is 0 Å². The molecule has 5 nitrogen and oxygen atoms in total. The summed E-state index contributed by atoms with van der Waals surface area (Å²) in [4.78, 5) is 23.7. The number of rotatable bonds is 6. The van der Waals surface area contributed by atoms with Crippen LogP contribution in [0.4, 0.5) is 0 Å². The largest absolute Gasteiger partial charge is 0.504 e. The lowest BCUT2D eigenvalue weighted by Gasteiger charge is -2.16. The molecular weight excluding hydrogens is 369 g/mol. The Morgan fingerprint density at radius 2 is 1.81 bits per heavy atom. The minimum atomic E-state index is -3.94. The number of phenolic OH excluding ortho intramolecular Hbond substituents is 1. The molecule has 0 aliphatic rings. The first-order valence-corrected chi connectivity index (χ1v) is 11.3. The molecule has 0 fully saturated rings. The molecule has 3 rings (SSSR count). The monoisotopic (exact) mass is 391 g/mol. The molecule has 0 aliphatic carbocycles. The van der Waals surface area contributed by atoms with Gasteiger partial charge < -0.3 is 19.4 Å². The molecule has 26 heavy (non-hydrogen) atoms. The van der Waals surface area contributed by atoms with Gasteiger partial charge >= 0.3 is 6.72 Å². The van der Waals surface area contributed by atoms with E-state index in [4.69, 9.17) is 9.51 Å². The van der Waals surface area contributed by atoms with Gasteiger partial charge in [-0.15, -0.1) is 0 Å². The van der Waals surface area contributed by atoms with Crippen LogP contribution in [0.3, 0.4) is 0 Å². The first-order chi connectivity index (χ1) is 12.3. The van der Waals surface area contributed by atoms with E-state index >= 15 is 0 Å². The van der Waals surface area contributed by atoms with Crippen molar-refractivity contribution < 1.29 is 19.4 Å². The van der Waals surface area contributed by atoms with Crippen molar-refractivity contribution in [2.24, 2.45) is 0 Å². The lowest BCUT2D eigenvalue weighted by molar-refractivity contribution is 0.357. The Balaban J connectivity index is 2.27. The van der Waals surface area contributed by atoms with Crippen molar-refractivity contribution in [3.05, 3.63) is 41.5 Å². The van der Waals surface area contributed by atoms with Gasteiger partial charge in [0.05, 0.1) is 11.0 Å². The van der Waals surface area contributed by atoms with Gasteiger partial charge in [0, 0.05) is 22.6 Å². The summed E-state index contributed by atoms with van der Waals surface area (Å²) in [5.41, 5.74) is 3.68. The maximum absolute atomic E-state index is 10.6. The first-order valence-electron chi connectivity index (χ1n) is 8.65. The smallest absolute Gasteiger partial charge is 0.375 e. The molecule has 0 radical (unpaired) electrons. The van der Waals surface area contributed by atoms with Gasteiger partial charge in [-0.3, -0.25) is 0 Å². The van der Waals surface area contributed by atoms with Gasteiger partial charge in [0.15, 0.2) is 11.5 Å². The summed E-state index contributed by atoms with van der Waals surface area (Å²) in [6, 6.07) is 9.58. The second kappa shape index (κ2) is 7.49. The Kier molecular flexibility index (Phi) is 5.49. The third-order valence-corrected chi connectivity index (χ3v) is 4.91. The number of hydrogen-bond acceptors (Lipinski definition) is 4. The van der Waals surface area contributed by atoms with Crippen molar-refractivity contribution >= 4 is 40.3 Å². The number of phenols is 1. The standard InChI is InChI=1S/C19H22NO4PS/c1-3-5-12-7-8-13-10-15-18(20-16(13)9-12)14(6-4-2)11-17(19(15)21)24-25(22,23)26/h7-11,21H,3-6H2,1-2H3,(H2,22,23,26). The number of pyridine rings is 1. The Hall–Kier alpha value is -1.72. The van der Waals surface area contributed by atoms with Crippen molar-refractivity contribution in [3.8, 4) is 11.5 Å². The SMILES string of the molecule is CCCc1ccc2cc3c(O)c(OP(O)(O)=S)cc(CCC)c3nc2c1. The fourth-order valence-corrected chi connectivity index (χ4v) is 3.80. The fourth-order valence-electron chi connectivity index (χ4n) is 3.17. The highest BCUT2D eigenvalue weighted by molar-refractivity contribution is 8.06. The third kappa shape index (κ3) is 3.99. The van der Waals surface area contributed by atoms with Gasteiger partial charge in [0.1, 0.15) is 0 Å². The predicted molar refractivity (Wildman–Crippen MR) is 108 cm³/mol. The molecule has 0 aliphatic heterocycles. The molecule has 0 amide bonds. The molecule has 0 saturated heterocycles. The lowest BCUT2D eigenvalue weighted by atomic mass is 10.0. The summed E-state index contributed by atoms with van der Waals surface area (Å²) in [5, 5.41) is 12.0. The second-order valence-corrected chi connectivity index (χ2v) is 8.97. The quantitative estimate of drug-likeness (QED) is 0.421. The zero-order valence-corrected chi connectivity index (χ0v) is 16.5. The molecule has 0 bridgehead atoms. The van der Waals surface area contributed by atoms with Crippen LogP contribution in [0.5, 0.6) is 11.5 Å². The highest BCUT2D eigenvalue weighted by Crippen LogP contribution is 2.46. The van der Waals surface area contributed by atoms with Crippen LogP contribution < -0.4 is 4.52 Å². The summed E-state index contributed by atoms with van der Waals surface area (Å²) in [7, 11) is 0. The topological polar surface area (TPSA) is 82.8 Å².